The van der Waals surface area contributed by atoms with E-state index in [4.69, 9.17) is 4.84 Å². The number of nitrogens with zero attached hydrogens (tertiary/aromatic N) is 1. The minimum Gasteiger partial charge on any atom is -0.266 e. The third-order valence-electron chi connectivity index (χ3n) is 3.40. The standard InChI is InChI=1S/C16H10F3NO3/c17-16(18,19)11-7-5-10(6-8-11)9-23-20-14(21)12-3-1-2-4-13(12)15(20)22/h1-8H,9H2. The van der Waals surface area contributed by atoms with Gasteiger partial charge in [0.2, 0.25) is 0 Å². The molecule has 0 spiro atoms. The number of hydroxylamine groups is 2. The molecule has 4 nitrogen and oxygen atoms in total. The normalized spacial score (nSPS) is 14.3. The SMILES string of the molecule is O=C1c2ccccc2C(=O)N1OCc1ccc(C(F)(F)F)cc1. The van der Waals surface area contributed by atoms with Crippen LogP contribution in [0.3, 0.4) is 0 Å². The summed E-state index contributed by atoms with van der Waals surface area (Å²) < 4.78 is 37.4. The first kappa shape index (κ1) is 15.2. The molecule has 2 aromatic carbocycles. The zero-order valence-corrected chi connectivity index (χ0v) is 11.6. The maximum Gasteiger partial charge on any atom is 0.416 e. The number of benzene rings is 2. The maximum absolute atomic E-state index is 12.5. The molecule has 0 saturated heterocycles. The van der Waals surface area contributed by atoms with Crippen LogP contribution in [0.2, 0.25) is 0 Å². The number of halogens is 3. The summed E-state index contributed by atoms with van der Waals surface area (Å²) in [6.45, 7) is -0.191. The van der Waals surface area contributed by atoms with Crippen molar-refractivity contribution in [3.05, 3.63) is 70.8 Å². The molecule has 1 heterocycles. The Morgan fingerprint density at radius 3 is 1.87 bits per heavy atom. The molecule has 1 aliphatic rings. The first-order valence-corrected chi connectivity index (χ1v) is 6.65. The summed E-state index contributed by atoms with van der Waals surface area (Å²) in [6.07, 6.45) is -4.41. The van der Waals surface area contributed by atoms with Gasteiger partial charge in [-0.05, 0) is 29.8 Å². The summed E-state index contributed by atoms with van der Waals surface area (Å²) in [4.78, 5) is 29.3. The van der Waals surface area contributed by atoms with E-state index in [-0.39, 0.29) is 17.7 Å². The summed E-state index contributed by atoms with van der Waals surface area (Å²) in [7, 11) is 0. The molecule has 1 aliphatic heterocycles. The molecule has 0 bridgehead atoms. The van der Waals surface area contributed by atoms with E-state index in [9.17, 15) is 22.8 Å². The Bertz CT molecular complexity index is 734. The van der Waals surface area contributed by atoms with Gasteiger partial charge >= 0.3 is 6.18 Å². The Morgan fingerprint density at radius 2 is 1.39 bits per heavy atom. The molecule has 3 rings (SSSR count). The maximum atomic E-state index is 12.5. The van der Waals surface area contributed by atoms with Crippen LogP contribution in [-0.4, -0.2) is 16.9 Å². The van der Waals surface area contributed by atoms with E-state index in [1.165, 1.54) is 24.3 Å². The number of alkyl halides is 3. The number of fused-ring (bicyclic) bond motifs is 1. The fourth-order valence-electron chi connectivity index (χ4n) is 2.21. The quantitative estimate of drug-likeness (QED) is 0.814. The highest BCUT2D eigenvalue weighted by Crippen LogP contribution is 2.29. The Labute approximate surface area is 129 Å². The minimum atomic E-state index is -4.41. The Morgan fingerprint density at radius 1 is 0.870 bits per heavy atom. The molecule has 0 aliphatic carbocycles. The van der Waals surface area contributed by atoms with Crippen LogP contribution < -0.4 is 0 Å². The van der Waals surface area contributed by atoms with Crippen LogP contribution in [0.25, 0.3) is 0 Å². The van der Waals surface area contributed by atoms with Crippen molar-refractivity contribution in [2.24, 2.45) is 0 Å². The molecule has 23 heavy (non-hydrogen) atoms. The smallest absolute Gasteiger partial charge is 0.266 e. The predicted molar refractivity (Wildman–Crippen MR) is 73.2 cm³/mol. The third kappa shape index (κ3) is 2.83. The van der Waals surface area contributed by atoms with Crippen LogP contribution in [0.4, 0.5) is 13.2 Å². The lowest BCUT2D eigenvalue weighted by Gasteiger charge is -2.13. The lowest BCUT2D eigenvalue weighted by Crippen LogP contribution is -2.29. The Hall–Kier alpha value is -2.67. The van der Waals surface area contributed by atoms with Crippen LogP contribution in [0.1, 0.15) is 31.8 Å². The monoisotopic (exact) mass is 321 g/mol. The molecular formula is C16H10F3NO3. The zero-order valence-electron chi connectivity index (χ0n) is 11.6. The van der Waals surface area contributed by atoms with Crippen molar-refractivity contribution >= 4 is 11.8 Å². The summed E-state index contributed by atoms with van der Waals surface area (Å²) in [5.41, 5.74) is 0.117. The molecular weight excluding hydrogens is 311 g/mol. The van der Waals surface area contributed by atoms with E-state index in [0.717, 1.165) is 12.1 Å². The highest BCUT2D eigenvalue weighted by atomic mass is 19.4. The average molecular weight is 321 g/mol. The molecule has 7 heteroatoms. The Kier molecular flexibility index (Phi) is 3.65. The minimum absolute atomic E-state index is 0.191. The number of imide groups is 1. The van der Waals surface area contributed by atoms with Gasteiger partial charge in [-0.3, -0.25) is 14.4 Å². The molecule has 0 N–H and O–H groups in total. The Balaban J connectivity index is 1.70. The van der Waals surface area contributed by atoms with Crippen molar-refractivity contribution in [3.8, 4) is 0 Å². The van der Waals surface area contributed by atoms with Crippen molar-refractivity contribution < 1.29 is 27.6 Å². The van der Waals surface area contributed by atoms with Crippen molar-refractivity contribution in [1.82, 2.24) is 5.06 Å². The number of hydrogen-bond donors (Lipinski definition) is 0. The van der Waals surface area contributed by atoms with Gasteiger partial charge in [0, 0.05) is 0 Å². The number of amides is 2. The van der Waals surface area contributed by atoms with E-state index < -0.39 is 23.6 Å². The van der Waals surface area contributed by atoms with Crippen LogP contribution in [0.15, 0.2) is 48.5 Å². The van der Waals surface area contributed by atoms with E-state index in [0.29, 0.717) is 10.6 Å². The van der Waals surface area contributed by atoms with Gasteiger partial charge in [0.05, 0.1) is 16.7 Å². The van der Waals surface area contributed by atoms with Gasteiger partial charge in [0.15, 0.2) is 0 Å². The third-order valence-corrected chi connectivity index (χ3v) is 3.40. The second kappa shape index (κ2) is 5.51. The first-order chi connectivity index (χ1) is 10.9. The van der Waals surface area contributed by atoms with Gasteiger partial charge in [-0.2, -0.15) is 13.2 Å². The topological polar surface area (TPSA) is 46.6 Å². The van der Waals surface area contributed by atoms with Crippen LogP contribution >= 0.6 is 0 Å². The molecule has 2 aromatic rings. The van der Waals surface area contributed by atoms with E-state index in [1.54, 1.807) is 12.1 Å². The molecule has 0 fully saturated rings. The molecule has 0 atom stereocenters. The summed E-state index contributed by atoms with van der Waals surface area (Å²) >= 11 is 0. The average Bonchev–Trinajstić information content (AvgIpc) is 2.77. The van der Waals surface area contributed by atoms with Crippen LogP contribution in [-0.2, 0) is 17.6 Å². The lowest BCUT2D eigenvalue weighted by atomic mass is 10.1. The first-order valence-electron chi connectivity index (χ1n) is 6.65. The fourth-order valence-corrected chi connectivity index (χ4v) is 2.21. The lowest BCUT2D eigenvalue weighted by molar-refractivity contribution is -0.137. The van der Waals surface area contributed by atoms with Crippen molar-refractivity contribution in [2.45, 2.75) is 12.8 Å². The van der Waals surface area contributed by atoms with Crippen molar-refractivity contribution in [1.29, 1.82) is 0 Å². The van der Waals surface area contributed by atoms with Gasteiger partial charge in [-0.25, -0.2) is 0 Å². The van der Waals surface area contributed by atoms with E-state index in [2.05, 4.69) is 0 Å². The van der Waals surface area contributed by atoms with Gasteiger partial charge in [0.25, 0.3) is 11.8 Å². The predicted octanol–water partition coefficient (Wildman–Crippen LogP) is 3.43. The number of carbonyl (C=O) groups is 2. The molecule has 0 aromatic heterocycles. The summed E-state index contributed by atoms with van der Waals surface area (Å²) in [5.74, 6) is -1.17. The largest absolute Gasteiger partial charge is 0.416 e. The second-order valence-electron chi connectivity index (χ2n) is 4.92. The van der Waals surface area contributed by atoms with Gasteiger partial charge in [-0.1, -0.05) is 24.3 Å². The van der Waals surface area contributed by atoms with E-state index >= 15 is 0 Å². The molecule has 0 unspecified atom stereocenters. The van der Waals surface area contributed by atoms with Crippen molar-refractivity contribution in [3.63, 3.8) is 0 Å². The summed E-state index contributed by atoms with van der Waals surface area (Å²) in [6, 6.07) is 10.6. The molecule has 118 valence electrons. The fraction of sp³-hybridized carbons (Fsp3) is 0.125. The highest BCUT2D eigenvalue weighted by molar-refractivity contribution is 6.20. The molecule has 2 amide bonds. The number of hydrogen-bond acceptors (Lipinski definition) is 3. The van der Waals surface area contributed by atoms with Crippen LogP contribution in [0.5, 0.6) is 0 Å². The van der Waals surface area contributed by atoms with E-state index in [1.807, 2.05) is 0 Å². The zero-order chi connectivity index (χ0) is 16.6. The second-order valence-corrected chi connectivity index (χ2v) is 4.92. The molecule has 0 radical (unpaired) electrons. The van der Waals surface area contributed by atoms with Gasteiger partial charge < -0.3 is 0 Å². The summed E-state index contributed by atoms with van der Waals surface area (Å²) in [5, 5.41) is 0.627. The van der Waals surface area contributed by atoms with Crippen LogP contribution in [0, 0.1) is 0 Å². The number of rotatable bonds is 3. The van der Waals surface area contributed by atoms with Gasteiger partial charge in [-0.15, -0.1) is 5.06 Å². The van der Waals surface area contributed by atoms with Gasteiger partial charge in [0.1, 0.15) is 6.61 Å². The van der Waals surface area contributed by atoms with Crippen molar-refractivity contribution in [2.75, 3.05) is 0 Å². The highest BCUT2D eigenvalue weighted by Gasteiger charge is 2.36. The number of carbonyl (C=O) groups excluding carboxylic acids is 2. The molecule has 0 saturated carbocycles.